The molecule has 0 atom stereocenters. The summed E-state index contributed by atoms with van der Waals surface area (Å²) in [5, 5.41) is 0. The zero-order valence-electron chi connectivity index (χ0n) is 17.6. The minimum atomic E-state index is -0.469. The summed E-state index contributed by atoms with van der Waals surface area (Å²) in [4.78, 5) is 25.3. The Morgan fingerprint density at radius 2 is 1.31 bits per heavy atom. The quantitative estimate of drug-likeness (QED) is 0.628. The van der Waals surface area contributed by atoms with E-state index in [1.807, 2.05) is 40.7 Å². The van der Waals surface area contributed by atoms with E-state index in [-0.39, 0.29) is 17.3 Å². The van der Waals surface area contributed by atoms with E-state index < -0.39 is 11.9 Å². The van der Waals surface area contributed by atoms with E-state index in [1.54, 1.807) is 6.07 Å². The van der Waals surface area contributed by atoms with Crippen LogP contribution < -0.4 is 0 Å². The lowest BCUT2D eigenvalue weighted by molar-refractivity contribution is 0.0412. The van der Waals surface area contributed by atoms with Gasteiger partial charge in [-0.15, -0.1) is 0 Å². The third kappa shape index (κ3) is 6.15. The van der Waals surface area contributed by atoms with E-state index in [2.05, 4.69) is 20.8 Å². The van der Waals surface area contributed by atoms with E-state index in [1.165, 1.54) is 0 Å². The average molecular weight is 363 g/mol. The Bertz CT molecular complexity index is 636. The maximum absolute atomic E-state index is 12.7. The first-order chi connectivity index (χ1) is 12.0. The maximum Gasteiger partial charge on any atom is 0.339 e. The third-order valence-electron chi connectivity index (χ3n) is 3.97. The highest BCUT2D eigenvalue weighted by molar-refractivity contribution is 6.03. The average Bonchev–Trinajstić information content (AvgIpc) is 2.55. The number of ether oxygens (including phenoxy) is 2. The van der Waals surface area contributed by atoms with Gasteiger partial charge in [-0.2, -0.15) is 0 Å². The molecule has 0 bridgehead atoms. The molecule has 26 heavy (non-hydrogen) atoms. The molecule has 0 aliphatic rings. The van der Waals surface area contributed by atoms with Crippen LogP contribution in [-0.2, 0) is 21.3 Å². The smallest absolute Gasteiger partial charge is 0.339 e. The van der Waals surface area contributed by atoms with Crippen molar-refractivity contribution >= 4 is 11.9 Å². The molecule has 0 fully saturated rings. The van der Waals surface area contributed by atoms with E-state index in [9.17, 15) is 9.59 Å². The van der Waals surface area contributed by atoms with E-state index in [4.69, 9.17) is 9.47 Å². The standard InChI is InChI=1S/C22H34O4/c1-9-16-10-17(20(23)25-12-14(2)3)18(11-19(16)22(6,7)8)21(24)26-13-15(4)5/h10-11,14-15H,9,12-13H2,1-8H3. The van der Waals surface area contributed by atoms with E-state index in [0.29, 0.717) is 24.3 Å². The summed E-state index contributed by atoms with van der Waals surface area (Å²) in [6.07, 6.45) is 0.776. The van der Waals surface area contributed by atoms with Gasteiger partial charge in [0, 0.05) is 0 Å². The normalized spacial score (nSPS) is 11.8. The predicted octanol–water partition coefficient (Wildman–Crippen LogP) is 5.17. The molecule has 4 nitrogen and oxygen atoms in total. The van der Waals surface area contributed by atoms with Crippen molar-refractivity contribution in [2.75, 3.05) is 13.2 Å². The van der Waals surface area contributed by atoms with E-state index >= 15 is 0 Å². The summed E-state index contributed by atoms with van der Waals surface area (Å²) in [5.74, 6) is -0.476. The van der Waals surface area contributed by atoms with Crippen LogP contribution in [0.4, 0.5) is 0 Å². The van der Waals surface area contributed by atoms with Crippen molar-refractivity contribution in [3.63, 3.8) is 0 Å². The Labute approximate surface area is 158 Å². The van der Waals surface area contributed by atoms with Gasteiger partial charge in [0.15, 0.2) is 0 Å². The summed E-state index contributed by atoms with van der Waals surface area (Å²) >= 11 is 0. The molecule has 1 aromatic rings. The molecule has 0 saturated heterocycles. The number of benzene rings is 1. The van der Waals surface area contributed by atoms with Crippen LogP contribution in [0.5, 0.6) is 0 Å². The van der Waals surface area contributed by atoms with Crippen molar-refractivity contribution in [3.05, 3.63) is 34.4 Å². The Balaban J connectivity index is 3.39. The molecule has 1 rings (SSSR count). The maximum atomic E-state index is 12.7. The highest BCUT2D eigenvalue weighted by atomic mass is 16.5. The molecule has 0 amide bonds. The summed E-state index contributed by atoms with van der Waals surface area (Å²) in [7, 11) is 0. The van der Waals surface area contributed by atoms with Gasteiger partial charge >= 0.3 is 11.9 Å². The molecule has 146 valence electrons. The highest BCUT2D eigenvalue weighted by Gasteiger charge is 2.26. The second-order valence-corrected chi connectivity index (χ2v) is 8.64. The van der Waals surface area contributed by atoms with Crippen LogP contribution in [0.25, 0.3) is 0 Å². The van der Waals surface area contributed by atoms with Gasteiger partial charge in [-0.1, -0.05) is 55.4 Å². The lowest BCUT2D eigenvalue weighted by Crippen LogP contribution is -2.21. The number of carbonyl (C=O) groups excluding carboxylic acids is 2. The molecular formula is C22H34O4. The summed E-state index contributed by atoms with van der Waals surface area (Å²) in [5.41, 5.74) is 2.55. The molecule has 0 aliphatic heterocycles. The Hall–Kier alpha value is -1.84. The number of rotatable bonds is 7. The van der Waals surface area contributed by atoms with Crippen molar-refractivity contribution in [2.24, 2.45) is 11.8 Å². The molecule has 1 aromatic carbocycles. The highest BCUT2D eigenvalue weighted by Crippen LogP contribution is 2.30. The minimum Gasteiger partial charge on any atom is -0.462 e. The lowest BCUT2D eigenvalue weighted by atomic mass is 9.81. The SMILES string of the molecule is CCc1cc(C(=O)OCC(C)C)c(C(=O)OCC(C)C)cc1C(C)(C)C. The zero-order chi connectivity index (χ0) is 20.1. The Morgan fingerprint density at radius 3 is 1.65 bits per heavy atom. The van der Waals surface area contributed by atoms with E-state index in [0.717, 1.165) is 17.5 Å². The minimum absolute atomic E-state index is 0.140. The fourth-order valence-corrected chi connectivity index (χ4v) is 2.61. The lowest BCUT2D eigenvalue weighted by Gasteiger charge is -2.24. The molecule has 0 unspecified atom stereocenters. The summed E-state index contributed by atoms with van der Waals surface area (Å²) in [6.45, 7) is 16.9. The van der Waals surface area contributed by atoms with Gasteiger partial charge in [0.25, 0.3) is 0 Å². The fourth-order valence-electron chi connectivity index (χ4n) is 2.61. The molecule has 0 spiro atoms. The van der Waals surface area contributed by atoms with Crippen LogP contribution in [0.15, 0.2) is 12.1 Å². The van der Waals surface area contributed by atoms with Crippen molar-refractivity contribution in [1.82, 2.24) is 0 Å². The van der Waals surface area contributed by atoms with Gasteiger partial charge < -0.3 is 9.47 Å². The van der Waals surface area contributed by atoms with Crippen LogP contribution >= 0.6 is 0 Å². The van der Waals surface area contributed by atoms with Gasteiger partial charge in [0.1, 0.15) is 0 Å². The number of hydrogen-bond acceptors (Lipinski definition) is 4. The molecule has 0 aliphatic carbocycles. The second kappa shape index (κ2) is 9.20. The predicted molar refractivity (Wildman–Crippen MR) is 105 cm³/mol. The summed E-state index contributed by atoms with van der Waals surface area (Å²) in [6, 6.07) is 3.61. The topological polar surface area (TPSA) is 52.6 Å². The molecular weight excluding hydrogens is 328 g/mol. The largest absolute Gasteiger partial charge is 0.462 e. The zero-order valence-corrected chi connectivity index (χ0v) is 17.6. The van der Waals surface area contributed by atoms with Gasteiger partial charge in [0.2, 0.25) is 0 Å². The number of carbonyl (C=O) groups is 2. The van der Waals surface area contributed by atoms with Crippen molar-refractivity contribution in [3.8, 4) is 0 Å². The molecule has 0 heterocycles. The van der Waals surface area contributed by atoms with Crippen molar-refractivity contribution in [2.45, 2.75) is 67.2 Å². The van der Waals surface area contributed by atoms with Gasteiger partial charge in [-0.3, -0.25) is 0 Å². The van der Waals surface area contributed by atoms with Crippen molar-refractivity contribution < 1.29 is 19.1 Å². The van der Waals surface area contributed by atoms with Crippen LogP contribution in [0.1, 0.15) is 87.2 Å². The van der Waals surface area contributed by atoms with Crippen LogP contribution in [0.3, 0.4) is 0 Å². The first kappa shape index (κ1) is 22.2. The molecule has 0 radical (unpaired) electrons. The first-order valence-corrected chi connectivity index (χ1v) is 9.49. The monoisotopic (exact) mass is 362 g/mol. The Kier molecular flexibility index (Phi) is 7.86. The summed E-state index contributed by atoms with van der Waals surface area (Å²) < 4.78 is 10.8. The molecule has 4 heteroatoms. The second-order valence-electron chi connectivity index (χ2n) is 8.64. The number of hydrogen-bond donors (Lipinski definition) is 0. The molecule has 0 aromatic heterocycles. The van der Waals surface area contributed by atoms with Crippen LogP contribution in [0, 0.1) is 11.8 Å². The van der Waals surface area contributed by atoms with Crippen LogP contribution in [-0.4, -0.2) is 25.2 Å². The Morgan fingerprint density at radius 1 is 0.885 bits per heavy atom. The number of esters is 2. The molecule has 0 saturated carbocycles. The van der Waals surface area contributed by atoms with Gasteiger partial charge in [-0.05, 0) is 46.9 Å². The third-order valence-corrected chi connectivity index (χ3v) is 3.97. The van der Waals surface area contributed by atoms with Crippen LogP contribution in [0.2, 0.25) is 0 Å². The number of aryl methyl sites for hydroxylation is 1. The van der Waals surface area contributed by atoms with Crippen molar-refractivity contribution in [1.29, 1.82) is 0 Å². The fraction of sp³-hybridized carbons (Fsp3) is 0.636. The molecule has 0 N–H and O–H groups in total. The first-order valence-electron chi connectivity index (χ1n) is 9.49. The van der Waals surface area contributed by atoms with Gasteiger partial charge in [-0.25, -0.2) is 9.59 Å². The van der Waals surface area contributed by atoms with Gasteiger partial charge in [0.05, 0.1) is 24.3 Å².